The summed E-state index contributed by atoms with van der Waals surface area (Å²) >= 11 is 0. The van der Waals surface area contributed by atoms with Crippen molar-refractivity contribution in [3.8, 4) is 11.3 Å². The third kappa shape index (κ3) is 3.19. The van der Waals surface area contributed by atoms with E-state index < -0.39 is 11.9 Å². The minimum absolute atomic E-state index is 0.0927. The van der Waals surface area contributed by atoms with Crippen LogP contribution >= 0.6 is 0 Å². The number of aliphatic hydroxyl groups excluding tert-OH is 1. The van der Waals surface area contributed by atoms with Gasteiger partial charge in [-0.15, -0.1) is 0 Å². The van der Waals surface area contributed by atoms with Gasteiger partial charge in [-0.2, -0.15) is 0 Å². The Morgan fingerprint density at radius 1 is 1.13 bits per heavy atom. The lowest BCUT2D eigenvalue weighted by Gasteiger charge is -2.16. The Labute approximate surface area is 175 Å². The number of aliphatic hydroxyl groups is 1. The molecule has 1 unspecified atom stereocenters. The molecule has 1 aliphatic rings. The number of nitrogens with one attached hydrogen (secondary N) is 1. The lowest BCUT2D eigenvalue weighted by Crippen LogP contribution is -2.17. The lowest BCUT2D eigenvalue weighted by molar-refractivity contribution is -0.116. The number of rotatable bonds is 6. The van der Waals surface area contributed by atoms with Crippen molar-refractivity contribution in [2.75, 3.05) is 18.5 Å². The predicted molar refractivity (Wildman–Crippen MR) is 115 cm³/mol. The summed E-state index contributed by atoms with van der Waals surface area (Å²) in [6.45, 7) is 4.03. The molecule has 154 valence electrons. The molecular weight excluding hydrogens is 380 g/mol. The fourth-order valence-electron chi connectivity index (χ4n) is 4.29. The Bertz CT molecular complexity index is 1100. The van der Waals surface area contributed by atoms with Crippen LogP contribution in [-0.2, 0) is 16.1 Å². The quantitative estimate of drug-likeness (QED) is 0.614. The zero-order chi connectivity index (χ0) is 21.3. The smallest absolute Gasteiger partial charge is 0.340 e. The van der Waals surface area contributed by atoms with E-state index in [-0.39, 0.29) is 19.1 Å². The molecule has 1 aromatic heterocycles. The van der Waals surface area contributed by atoms with Crippen LogP contribution in [0.2, 0.25) is 0 Å². The van der Waals surface area contributed by atoms with Crippen molar-refractivity contribution in [2.45, 2.75) is 26.3 Å². The van der Waals surface area contributed by atoms with Crippen LogP contribution in [-0.4, -0.2) is 34.8 Å². The van der Waals surface area contributed by atoms with Gasteiger partial charge in [0.2, 0.25) is 5.91 Å². The fourth-order valence-corrected chi connectivity index (χ4v) is 4.29. The Balaban J connectivity index is 2.06. The van der Waals surface area contributed by atoms with E-state index >= 15 is 0 Å². The van der Waals surface area contributed by atoms with Crippen LogP contribution in [0.4, 0.5) is 5.69 Å². The van der Waals surface area contributed by atoms with Gasteiger partial charge in [0.1, 0.15) is 0 Å². The zero-order valence-electron chi connectivity index (χ0n) is 17.0. The summed E-state index contributed by atoms with van der Waals surface area (Å²) in [6, 6.07) is 17.1. The van der Waals surface area contributed by atoms with Gasteiger partial charge < -0.3 is 19.7 Å². The first-order valence-electron chi connectivity index (χ1n) is 10.0. The van der Waals surface area contributed by atoms with Crippen LogP contribution in [0.5, 0.6) is 0 Å². The second kappa shape index (κ2) is 8.16. The first kappa shape index (κ1) is 19.9. The van der Waals surface area contributed by atoms with Gasteiger partial charge in [0.25, 0.3) is 0 Å². The summed E-state index contributed by atoms with van der Waals surface area (Å²) < 4.78 is 7.28. The van der Waals surface area contributed by atoms with Gasteiger partial charge in [0, 0.05) is 23.5 Å². The van der Waals surface area contributed by atoms with Crippen molar-refractivity contribution in [3.63, 3.8) is 0 Å². The normalized spacial score (nSPS) is 15.0. The van der Waals surface area contributed by atoms with Crippen LogP contribution in [0.3, 0.4) is 0 Å². The van der Waals surface area contributed by atoms with E-state index in [1.54, 1.807) is 6.92 Å². The van der Waals surface area contributed by atoms with Crippen LogP contribution < -0.4 is 5.32 Å². The highest BCUT2D eigenvalue weighted by molar-refractivity contribution is 6.08. The molecule has 0 spiro atoms. The third-order valence-corrected chi connectivity index (χ3v) is 5.49. The number of carbonyl (C=O) groups is 2. The first-order chi connectivity index (χ1) is 14.6. The van der Waals surface area contributed by atoms with Crippen molar-refractivity contribution in [2.24, 2.45) is 0 Å². The molecular formula is C24H24N2O4. The number of carbonyl (C=O) groups excluding carboxylic acids is 2. The number of fused-ring (bicyclic) bond motifs is 1. The average Bonchev–Trinajstić information content (AvgIpc) is 3.22. The summed E-state index contributed by atoms with van der Waals surface area (Å²) in [5, 5.41) is 12.7. The Morgan fingerprint density at radius 3 is 2.53 bits per heavy atom. The molecule has 2 heterocycles. The van der Waals surface area contributed by atoms with E-state index in [0.717, 1.165) is 22.5 Å². The molecule has 1 atom stereocenters. The van der Waals surface area contributed by atoms with E-state index in [2.05, 4.69) is 5.32 Å². The number of esters is 1. The lowest BCUT2D eigenvalue weighted by atomic mass is 9.87. The zero-order valence-corrected chi connectivity index (χ0v) is 17.0. The summed E-state index contributed by atoms with van der Waals surface area (Å²) in [6.07, 6.45) is 0. The van der Waals surface area contributed by atoms with Crippen LogP contribution in [0.1, 0.15) is 40.0 Å². The predicted octanol–water partition coefficient (Wildman–Crippen LogP) is 3.72. The topological polar surface area (TPSA) is 80.6 Å². The highest BCUT2D eigenvalue weighted by atomic mass is 16.5. The van der Waals surface area contributed by atoms with E-state index in [1.165, 1.54) is 0 Å². The minimum atomic E-state index is -0.644. The fraction of sp³-hybridized carbons (Fsp3) is 0.250. The maximum atomic E-state index is 13.1. The molecule has 0 aliphatic carbocycles. The molecule has 1 aliphatic heterocycles. The van der Waals surface area contributed by atoms with Crippen LogP contribution in [0.15, 0.2) is 54.6 Å². The van der Waals surface area contributed by atoms with Crippen molar-refractivity contribution in [1.29, 1.82) is 0 Å². The molecule has 2 aromatic carbocycles. The molecule has 0 radical (unpaired) electrons. The molecule has 6 heteroatoms. The van der Waals surface area contributed by atoms with E-state index in [1.807, 2.05) is 66.1 Å². The number of ether oxygens (including phenoxy) is 1. The molecule has 2 N–H and O–H groups in total. The molecule has 1 amide bonds. The molecule has 0 bridgehead atoms. The maximum absolute atomic E-state index is 13.1. The van der Waals surface area contributed by atoms with Crippen molar-refractivity contribution >= 4 is 17.6 Å². The molecule has 0 saturated heterocycles. The van der Waals surface area contributed by atoms with E-state index in [0.29, 0.717) is 23.4 Å². The molecule has 30 heavy (non-hydrogen) atoms. The number of amides is 1. The van der Waals surface area contributed by atoms with Crippen LogP contribution in [0.25, 0.3) is 11.3 Å². The SMILES string of the molecule is CCOC(=O)c1c(C2C(=O)Nc3ccccc32)c(-c2ccccc2)n(CCO)c1C. The van der Waals surface area contributed by atoms with Gasteiger partial charge >= 0.3 is 5.97 Å². The van der Waals surface area contributed by atoms with Gasteiger partial charge in [0.05, 0.1) is 30.4 Å². The Kier molecular flexibility index (Phi) is 5.42. The largest absolute Gasteiger partial charge is 0.462 e. The number of nitrogens with zero attached hydrogens (tertiary/aromatic N) is 1. The molecule has 4 rings (SSSR count). The van der Waals surface area contributed by atoms with Gasteiger partial charge in [-0.1, -0.05) is 48.5 Å². The second-order valence-corrected chi connectivity index (χ2v) is 7.19. The minimum Gasteiger partial charge on any atom is -0.462 e. The number of benzene rings is 2. The van der Waals surface area contributed by atoms with Crippen molar-refractivity contribution in [3.05, 3.63) is 77.0 Å². The molecule has 3 aromatic rings. The van der Waals surface area contributed by atoms with Crippen molar-refractivity contribution < 1.29 is 19.4 Å². The van der Waals surface area contributed by atoms with Crippen molar-refractivity contribution in [1.82, 2.24) is 4.57 Å². The van der Waals surface area contributed by atoms with E-state index in [4.69, 9.17) is 4.74 Å². The van der Waals surface area contributed by atoms with Gasteiger partial charge in [0.15, 0.2) is 0 Å². The summed E-state index contributed by atoms with van der Waals surface area (Å²) in [5.41, 5.74) is 4.88. The third-order valence-electron chi connectivity index (χ3n) is 5.49. The highest BCUT2D eigenvalue weighted by Gasteiger charge is 2.39. The number of anilines is 1. The van der Waals surface area contributed by atoms with Gasteiger partial charge in [-0.05, 0) is 31.0 Å². The molecule has 0 saturated carbocycles. The monoisotopic (exact) mass is 404 g/mol. The summed E-state index contributed by atoms with van der Waals surface area (Å²) in [4.78, 5) is 26.1. The molecule has 0 fully saturated rings. The number of para-hydroxylation sites is 1. The van der Waals surface area contributed by atoms with Crippen LogP contribution in [0, 0.1) is 6.92 Å². The summed E-state index contributed by atoms with van der Waals surface area (Å²) in [7, 11) is 0. The second-order valence-electron chi connectivity index (χ2n) is 7.19. The first-order valence-corrected chi connectivity index (χ1v) is 10.0. The number of hydrogen-bond donors (Lipinski definition) is 2. The Morgan fingerprint density at radius 2 is 1.83 bits per heavy atom. The summed E-state index contributed by atoms with van der Waals surface area (Å²) in [5.74, 6) is -1.29. The maximum Gasteiger partial charge on any atom is 0.340 e. The molecule has 6 nitrogen and oxygen atoms in total. The average molecular weight is 404 g/mol. The van der Waals surface area contributed by atoms with E-state index in [9.17, 15) is 14.7 Å². The highest BCUT2D eigenvalue weighted by Crippen LogP contribution is 2.45. The Hall–Kier alpha value is -3.38. The number of hydrogen-bond acceptors (Lipinski definition) is 4. The van der Waals surface area contributed by atoms with Gasteiger partial charge in [-0.3, -0.25) is 4.79 Å². The number of aromatic nitrogens is 1. The standard InChI is InChI=1S/C24H24N2O4/c1-3-30-24(29)19-15(2)26(13-14-27)22(16-9-5-4-6-10-16)21(19)20-17-11-7-8-12-18(17)25-23(20)28/h4-12,20,27H,3,13-14H2,1-2H3,(H,25,28). The van der Waals surface area contributed by atoms with Gasteiger partial charge in [-0.25, -0.2) is 4.79 Å².